The van der Waals surface area contributed by atoms with Gasteiger partial charge in [0.25, 0.3) is 0 Å². The molecule has 370 valence electrons. The van der Waals surface area contributed by atoms with Crippen molar-refractivity contribution >= 4 is 11.9 Å². The SMILES string of the molecule is CC/C=C\C/C=C\C/C=C\C/C=C\C/C=C\CC(=O)OC(COC(=O)CCCCCCC/C=C\C/C=C\CCCC)COC1OC(COC2OC(CO)C(O)C(O)C2O)C(O)C(O)C1O. The van der Waals surface area contributed by atoms with Gasteiger partial charge in [-0.3, -0.25) is 9.59 Å². The summed E-state index contributed by atoms with van der Waals surface area (Å²) in [5.41, 5.74) is 0. The molecule has 15 nitrogen and oxygen atoms in total. The Morgan fingerprint density at radius 3 is 1.60 bits per heavy atom. The Kier molecular flexibility index (Phi) is 32.7. The van der Waals surface area contributed by atoms with Gasteiger partial charge in [-0.05, 0) is 64.2 Å². The van der Waals surface area contributed by atoms with Crippen LogP contribution in [0.4, 0.5) is 0 Å². The summed E-state index contributed by atoms with van der Waals surface area (Å²) < 4.78 is 33.3. The molecule has 15 heteroatoms. The minimum absolute atomic E-state index is 0.0747. The van der Waals surface area contributed by atoms with E-state index in [1.54, 1.807) is 6.08 Å². The Morgan fingerprint density at radius 2 is 1.02 bits per heavy atom. The van der Waals surface area contributed by atoms with Gasteiger partial charge in [-0.25, -0.2) is 0 Å². The lowest BCUT2D eigenvalue weighted by Crippen LogP contribution is -2.61. The summed E-state index contributed by atoms with van der Waals surface area (Å²) in [5.74, 6) is -1.10. The van der Waals surface area contributed by atoms with Gasteiger partial charge in [0.15, 0.2) is 18.7 Å². The minimum atomic E-state index is -1.79. The second kappa shape index (κ2) is 36.8. The van der Waals surface area contributed by atoms with Gasteiger partial charge < -0.3 is 64.2 Å². The van der Waals surface area contributed by atoms with Crippen LogP contribution < -0.4 is 0 Å². The van der Waals surface area contributed by atoms with Crippen LogP contribution in [0.1, 0.15) is 123 Å². The van der Waals surface area contributed by atoms with E-state index in [4.69, 9.17) is 28.4 Å². The van der Waals surface area contributed by atoms with Crippen LogP contribution in [-0.2, 0) is 38.0 Å². The number of esters is 2. The highest BCUT2D eigenvalue weighted by atomic mass is 16.7. The number of rotatable bonds is 34. The zero-order valence-corrected chi connectivity index (χ0v) is 38.7. The molecule has 2 saturated heterocycles. The number of ether oxygens (including phenoxy) is 6. The molecule has 2 rings (SSSR count). The van der Waals surface area contributed by atoms with E-state index in [-0.39, 0.29) is 19.4 Å². The Labute approximate surface area is 386 Å². The summed E-state index contributed by atoms with van der Waals surface area (Å²) in [6.45, 7) is 2.28. The van der Waals surface area contributed by atoms with E-state index in [0.29, 0.717) is 12.8 Å². The third kappa shape index (κ3) is 25.4. The number of aliphatic hydroxyl groups excluding tert-OH is 7. The van der Waals surface area contributed by atoms with Crippen molar-refractivity contribution < 1.29 is 73.8 Å². The van der Waals surface area contributed by atoms with Crippen molar-refractivity contribution in [3.63, 3.8) is 0 Å². The van der Waals surface area contributed by atoms with Gasteiger partial charge in [0.05, 0.1) is 26.2 Å². The summed E-state index contributed by atoms with van der Waals surface area (Å²) >= 11 is 0. The zero-order chi connectivity index (χ0) is 47.5. The predicted molar refractivity (Wildman–Crippen MR) is 247 cm³/mol. The largest absolute Gasteiger partial charge is 0.462 e. The van der Waals surface area contributed by atoms with E-state index in [2.05, 4.69) is 74.6 Å². The molecule has 0 aliphatic carbocycles. The number of hydrogen-bond donors (Lipinski definition) is 7. The van der Waals surface area contributed by atoms with E-state index in [1.807, 2.05) is 18.2 Å². The molecule has 2 fully saturated rings. The molecule has 2 aliphatic rings. The van der Waals surface area contributed by atoms with Crippen molar-refractivity contribution in [1.29, 1.82) is 0 Å². The van der Waals surface area contributed by atoms with Crippen molar-refractivity contribution in [3.8, 4) is 0 Å². The first kappa shape index (κ1) is 57.8. The van der Waals surface area contributed by atoms with Crippen molar-refractivity contribution in [3.05, 3.63) is 85.1 Å². The molecule has 65 heavy (non-hydrogen) atoms. The molecule has 2 aliphatic heterocycles. The van der Waals surface area contributed by atoms with E-state index in [0.717, 1.165) is 70.6 Å². The number of aliphatic hydroxyl groups is 7. The molecule has 0 aromatic rings. The lowest BCUT2D eigenvalue weighted by molar-refractivity contribution is -0.332. The van der Waals surface area contributed by atoms with Crippen LogP contribution in [0.15, 0.2) is 85.1 Å². The van der Waals surface area contributed by atoms with E-state index >= 15 is 0 Å². The number of unbranched alkanes of at least 4 members (excludes halogenated alkanes) is 7. The summed E-state index contributed by atoms with van der Waals surface area (Å²) in [6.07, 6.45) is 26.5. The average molecular weight is 921 g/mol. The lowest BCUT2D eigenvalue weighted by Gasteiger charge is -2.42. The molecule has 0 spiro atoms. The maximum Gasteiger partial charge on any atom is 0.310 e. The summed E-state index contributed by atoms with van der Waals surface area (Å²) in [7, 11) is 0. The molecular weight excluding hydrogens is 841 g/mol. The quantitative estimate of drug-likeness (QED) is 0.0235. The van der Waals surface area contributed by atoms with Crippen LogP contribution in [-0.4, -0.2) is 142 Å². The molecule has 0 bridgehead atoms. The van der Waals surface area contributed by atoms with Gasteiger partial charge in [-0.1, -0.05) is 131 Å². The number of hydrogen-bond acceptors (Lipinski definition) is 15. The van der Waals surface area contributed by atoms with Gasteiger partial charge in [-0.15, -0.1) is 0 Å². The van der Waals surface area contributed by atoms with Gasteiger partial charge in [0, 0.05) is 6.42 Å². The first-order chi connectivity index (χ1) is 31.5. The van der Waals surface area contributed by atoms with Crippen LogP contribution in [0, 0.1) is 0 Å². The Bertz CT molecular complexity index is 1460. The van der Waals surface area contributed by atoms with E-state index in [1.165, 1.54) is 12.8 Å². The highest BCUT2D eigenvalue weighted by Crippen LogP contribution is 2.26. The highest BCUT2D eigenvalue weighted by molar-refractivity contribution is 5.71. The Balaban J connectivity index is 1.90. The monoisotopic (exact) mass is 921 g/mol. The van der Waals surface area contributed by atoms with Crippen LogP contribution >= 0.6 is 0 Å². The second-order valence-corrected chi connectivity index (χ2v) is 16.2. The average Bonchev–Trinajstić information content (AvgIpc) is 3.30. The fourth-order valence-electron chi connectivity index (χ4n) is 6.72. The second-order valence-electron chi connectivity index (χ2n) is 16.2. The van der Waals surface area contributed by atoms with Crippen LogP contribution in [0.2, 0.25) is 0 Å². The Morgan fingerprint density at radius 1 is 0.523 bits per heavy atom. The van der Waals surface area contributed by atoms with Crippen molar-refractivity contribution in [2.75, 3.05) is 26.4 Å². The molecule has 7 N–H and O–H groups in total. The number of carbonyl (C=O) groups excluding carboxylic acids is 2. The molecular formula is C50H80O15. The Hall–Kier alpha value is -3.32. The molecule has 11 atom stereocenters. The molecule has 11 unspecified atom stereocenters. The van der Waals surface area contributed by atoms with Gasteiger partial charge in [0.1, 0.15) is 55.4 Å². The topological polar surface area (TPSA) is 231 Å². The molecule has 0 amide bonds. The first-order valence-corrected chi connectivity index (χ1v) is 23.7. The van der Waals surface area contributed by atoms with Crippen molar-refractivity contribution in [2.45, 2.75) is 191 Å². The van der Waals surface area contributed by atoms with E-state index < -0.39 is 99.3 Å². The minimum Gasteiger partial charge on any atom is -0.462 e. The maximum absolute atomic E-state index is 12.9. The summed E-state index contributed by atoms with van der Waals surface area (Å²) in [6, 6.07) is 0. The van der Waals surface area contributed by atoms with E-state index in [9.17, 15) is 45.3 Å². The smallest absolute Gasteiger partial charge is 0.310 e. The predicted octanol–water partition coefficient (Wildman–Crippen LogP) is 5.65. The standard InChI is InChI=1S/C50H80O15/c1-3-5-7-9-11-13-15-17-19-21-23-25-27-29-31-33-42(53)63-38(35-60-41(52)32-30-28-26-24-22-20-18-16-14-12-10-8-6-4-2)36-61-49-48(59)46(57)44(55)40(65-49)37-62-50-47(58)45(56)43(54)39(34-51)64-50/h5,7,10-13,16-19,23,25,29,31,38-40,43-51,54-59H,3-4,6,8-9,14-15,20-22,24,26-28,30,32-37H2,1-2H3/b7-5-,12-10-,13-11-,18-16-,19-17-,25-23-,31-29-. The fourth-order valence-corrected chi connectivity index (χ4v) is 6.72. The number of carbonyl (C=O) groups is 2. The fraction of sp³-hybridized carbons (Fsp3) is 0.680. The molecule has 0 radical (unpaired) electrons. The van der Waals surface area contributed by atoms with Gasteiger partial charge in [0.2, 0.25) is 0 Å². The molecule has 0 aromatic heterocycles. The van der Waals surface area contributed by atoms with Crippen LogP contribution in [0.25, 0.3) is 0 Å². The lowest BCUT2D eigenvalue weighted by atomic mass is 9.98. The van der Waals surface area contributed by atoms with Crippen LogP contribution in [0.5, 0.6) is 0 Å². The highest BCUT2D eigenvalue weighted by Gasteiger charge is 2.47. The van der Waals surface area contributed by atoms with Crippen molar-refractivity contribution in [2.24, 2.45) is 0 Å². The summed E-state index contributed by atoms with van der Waals surface area (Å²) in [5, 5.41) is 71.9. The summed E-state index contributed by atoms with van der Waals surface area (Å²) in [4.78, 5) is 25.6. The van der Waals surface area contributed by atoms with Gasteiger partial charge in [-0.2, -0.15) is 0 Å². The van der Waals surface area contributed by atoms with Crippen LogP contribution in [0.3, 0.4) is 0 Å². The van der Waals surface area contributed by atoms with Crippen molar-refractivity contribution in [1.82, 2.24) is 0 Å². The third-order valence-electron chi connectivity index (χ3n) is 10.6. The van der Waals surface area contributed by atoms with Gasteiger partial charge >= 0.3 is 11.9 Å². The maximum atomic E-state index is 12.9. The normalized spacial score (nSPS) is 27.2. The molecule has 2 heterocycles. The number of allylic oxidation sites excluding steroid dienone is 13. The molecule has 0 aromatic carbocycles. The zero-order valence-electron chi connectivity index (χ0n) is 38.7. The third-order valence-corrected chi connectivity index (χ3v) is 10.6. The first-order valence-electron chi connectivity index (χ1n) is 23.7. The molecule has 0 saturated carbocycles.